The van der Waals surface area contributed by atoms with Gasteiger partial charge in [0.2, 0.25) is 0 Å². The summed E-state index contributed by atoms with van der Waals surface area (Å²) in [6, 6.07) is 9.92. The van der Waals surface area contributed by atoms with E-state index in [1.807, 2.05) is 17.5 Å². The van der Waals surface area contributed by atoms with Gasteiger partial charge in [-0.05, 0) is 29.1 Å². The van der Waals surface area contributed by atoms with Crippen molar-refractivity contribution < 1.29 is 9.50 Å². The molecule has 3 aromatic rings. The van der Waals surface area contributed by atoms with Crippen molar-refractivity contribution in [3.05, 3.63) is 64.9 Å². The average molecular weight is 317 g/mol. The van der Waals surface area contributed by atoms with Crippen LogP contribution in [0.25, 0.3) is 10.6 Å². The highest BCUT2D eigenvalue weighted by Gasteiger charge is 2.10. The van der Waals surface area contributed by atoms with Gasteiger partial charge in [0.25, 0.3) is 0 Å². The van der Waals surface area contributed by atoms with Crippen LogP contribution < -0.4 is 5.32 Å². The van der Waals surface area contributed by atoms with E-state index in [1.54, 1.807) is 29.7 Å². The number of aliphatic hydroxyl groups excluding tert-OH is 1. The molecular weight excluding hydrogens is 301 g/mol. The van der Waals surface area contributed by atoms with Crippen LogP contribution in [0.4, 0.5) is 4.39 Å². The molecule has 0 radical (unpaired) electrons. The smallest absolute Gasteiger partial charge is 0.123 e. The number of nitrogens with zero attached hydrogens (tertiary/aromatic N) is 1. The SMILES string of the molecule is OC(CNCc1cn[nH]c1-c1cccs1)c1ccc(F)cc1. The summed E-state index contributed by atoms with van der Waals surface area (Å²) >= 11 is 1.65. The molecule has 6 heteroatoms. The molecule has 0 amide bonds. The molecule has 0 aliphatic heterocycles. The molecule has 0 fully saturated rings. The van der Waals surface area contributed by atoms with Crippen LogP contribution in [0.2, 0.25) is 0 Å². The third-order valence-electron chi connectivity index (χ3n) is 3.39. The monoisotopic (exact) mass is 317 g/mol. The van der Waals surface area contributed by atoms with Gasteiger partial charge in [-0.15, -0.1) is 11.3 Å². The van der Waals surface area contributed by atoms with Gasteiger partial charge in [0, 0.05) is 18.7 Å². The van der Waals surface area contributed by atoms with Crippen LogP contribution in [0.3, 0.4) is 0 Å². The number of thiophene rings is 1. The fourth-order valence-corrected chi connectivity index (χ4v) is 2.98. The second kappa shape index (κ2) is 6.83. The van der Waals surface area contributed by atoms with Crippen molar-refractivity contribution >= 4 is 11.3 Å². The number of H-pyrrole nitrogens is 1. The lowest BCUT2D eigenvalue weighted by Gasteiger charge is -2.12. The van der Waals surface area contributed by atoms with Crippen molar-refractivity contribution in [1.29, 1.82) is 0 Å². The summed E-state index contributed by atoms with van der Waals surface area (Å²) in [4.78, 5) is 1.13. The maximum atomic E-state index is 12.9. The fraction of sp³-hybridized carbons (Fsp3) is 0.188. The highest BCUT2D eigenvalue weighted by atomic mass is 32.1. The number of rotatable bonds is 6. The lowest BCUT2D eigenvalue weighted by molar-refractivity contribution is 0.174. The summed E-state index contributed by atoms with van der Waals surface area (Å²) in [6.07, 6.45) is 1.12. The van der Waals surface area contributed by atoms with Gasteiger partial charge in [-0.1, -0.05) is 18.2 Å². The first kappa shape index (κ1) is 14.9. The molecule has 1 unspecified atom stereocenters. The van der Waals surface area contributed by atoms with E-state index in [1.165, 1.54) is 12.1 Å². The van der Waals surface area contributed by atoms with Gasteiger partial charge >= 0.3 is 0 Å². The number of aromatic amines is 1. The molecule has 2 aromatic heterocycles. The van der Waals surface area contributed by atoms with Crippen molar-refractivity contribution in [2.75, 3.05) is 6.54 Å². The number of benzene rings is 1. The van der Waals surface area contributed by atoms with E-state index in [0.717, 1.165) is 16.1 Å². The molecular formula is C16H16FN3OS. The molecule has 0 spiro atoms. The number of aliphatic hydroxyl groups is 1. The molecule has 0 saturated heterocycles. The Morgan fingerprint density at radius 2 is 2.09 bits per heavy atom. The summed E-state index contributed by atoms with van der Waals surface area (Å²) in [5, 5.41) is 22.4. The Morgan fingerprint density at radius 1 is 1.27 bits per heavy atom. The largest absolute Gasteiger partial charge is 0.387 e. The van der Waals surface area contributed by atoms with Gasteiger partial charge in [0.15, 0.2) is 0 Å². The van der Waals surface area contributed by atoms with Gasteiger partial charge in [-0.25, -0.2) is 4.39 Å². The fourth-order valence-electron chi connectivity index (χ4n) is 2.23. The van der Waals surface area contributed by atoms with Crippen LogP contribution in [0, 0.1) is 5.82 Å². The van der Waals surface area contributed by atoms with E-state index in [0.29, 0.717) is 18.7 Å². The molecule has 0 bridgehead atoms. The van der Waals surface area contributed by atoms with Crippen molar-refractivity contribution in [2.45, 2.75) is 12.6 Å². The third-order valence-corrected chi connectivity index (χ3v) is 4.28. The lowest BCUT2D eigenvalue weighted by Crippen LogP contribution is -2.21. The molecule has 2 heterocycles. The number of aromatic nitrogens is 2. The van der Waals surface area contributed by atoms with Crippen molar-refractivity contribution in [3.8, 4) is 10.6 Å². The molecule has 0 aliphatic carbocycles. The standard InChI is InChI=1S/C16H16FN3OS/c17-13-5-3-11(4-6-13)14(21)10-18-8-12-9-19-20-16(12)15-2-1-7-22-15/h1-7,9,14,18,21H,8,10H2,(H,19,20). The van der Waals surface area contributed by atoms with Crippen LogP contribution in [-0.4, -0.2) is 21.8 Å². The Hall–Kier alpha value is -2.02. The first-order valence-electron chi connectivity index (χ1n) is 6.94. The highest BCUT2D eigenvalue weighted by Crippen LogP contribution is 2.25. The Balaban J connectivity index is 1.57. The zero-order valence-electron chi connectivity index (χ0n) is 11.8. The zero-order chi connectivity index (χ0) is 15.4. The van der Waals surface area contributed by atoms with Crippen LogP contribution in [0.1, 0.15) is 17.2 Å². The van der Waals surface area contributed by atoms with Gasteiger partial charge < -0.3 is 10.4 Å². The quantitative estimate of drug-likeness (QED) is 0.655. The predicted molar refractivity (Wildman–Crippen MR) is 85.0 cm³/mol. The zero-order valence-corrected chi connectivity index (χ0v) is 12.6. The third kappa shape index (κ3) is 3.41. The van der Waals surface area contributed by atoms with E-state index in [2.05, 4.69) is 15.5 Å². The molecule has 114 valence electrons. The molecule has 3 N–H and O–H groups in total. The maximum absolute atomic E-state index is 12.9. The predicted octanol–water partition coefficient (Wildman–Crippen LogP) is 3.10. The Morgan fingerprint density at radius 3 is 2.82 bits per heavy atom. The minimum Gasteiger partial charge on any atom is -0.387 e. The molecule has 1 atom stereocenters. The normalized spacial score (nSPS) is 12.5. The van der Waals surface area contributed by atoms with Crippen LogP contribution in [-0.2, 0) is 6.54 Å². The number of nitrogens with one attached hydrogen (secondary N) is 2. The highest BCUT2D eigenvalue weighted by molar-refractivity contribution is 7.13. The summed E-state index contributed by atoms with van der Waals surface area (Å²) in [7, 11) is 0. The lowest BCUT2D eigenvalue weighted by atomic mass is 10.1. The van der Waals surface area contributed by atoms with Crippen molar-refractivity contribution in [1.82, 2.24) is 15.5 Å². The summed E-state index contributed by atoms with van der Waals surface area (Å²) in [5.74, 6) is -0.303. The van der Waals surface area contributed by atoms with Gasteiger partial charge in [0.05, 0.1) is 22.9 Å². The Bertz CT molecular complexity index is 709. The summed E-state index contributed by atoms with van der Waals surface area (Å²) in [6.45, 7) is 0.989. The van der Waals surface area contributed by atoms with Crippen molar-refractivity contribution in [2.24, 2.45) is 0 Å². The van der Waals surface area contributed by atoms with Gasteiger partial charge in [-0.2, -0.15) is 5.10 Å². The molecule has 22 heavy (non-hydrogen) atoms. The molecule has 3 rings (SSSR count). The Labute approximate surface area is 131 Å². The first-order valence-corrected chi connectivity index (χ1v) is 7.82. The molecule has 4 nitrogen and oxygen atoms in total. The van der Waals surface area contributed by atoms with E-state index >= 15 is 0 Å². The number of halogens is 1. The first-order chi connectivity index (χ1) is 10.7. The average Bonchev–Trinajstić information content (AvgIpc) is 3.18. The van der Waals surface area contributed by atoms with Gasteiger partial charge in [0.1, 0.15) is 5.82 Å². The molecule has 0 aliphatic rings. The summed E-state index contributed by atoms with van der Waals surface area (Å²) in [5.41, 5.74) is 2.74. The van der Waals surface area contributed by atoms with E-state index < -0.39 is 6.10 Å². The molecule has 1 aromatic carbocycles. The van der Waals surface area contributed by atoms with Crippen molar-refractivity contribution in [3.63, 3.8) is 0 Å². The topological polar surface area (TPSA) is 60.9 Å². The molecule has 0 saturated carbocycles. The van der Waals surface area contributed by atoms with Gasteiger partial charge in [-0.3, -0.25) is 5.10 Å². The van der Waals surface area contributed by atoms with Crippen LogP contribution in [0.5, 0.6) is 0 Å². The summed E-state index contributed by atoms with van der Waals surface area (Å²) < 4.78 is 12.9. The maximum Gasteiger partial charge on any atom is 0.123 e. The van der Waals surface area contributed by atoms with E-state index in [9.17, 15) is 9.50 Å². The number of hydrogen-bond donors (Lipinski definition) is 3. The Kier molecular flexibility index (Phi) is 4.62. The second-order valence-corrected chi connectivity index (χ2v) is 5.89. The van der Waals surface area contributed by atoms with Crippen LogP contribution in [0.15, 0.2) is 48.0 Å². The van der Waals surface area contributed by atoms with E-state index in [-0.39, 0.29) is 5.82 Å². The second-order valence-electron chi connectivity index (χ2n) is 4.95. The minimum absolute atomic E-state index is 0.303. The van der Waals surface area contributed by atoms with Crippen LogP contribution >= 0.6 is 11.3 Å². The minimum atomic E-state index is -0.669. The number of hydrogen-bond acceptors (Lipinski definition) is 4. The van der Waals surface area contributed by atoms with E-state index in [4.69, 9.17) is 0 Å².